The fourth-order valence-electron chi connectivity index (χ4n) is 2.44. The average molecular weight is 257 g/mol. The minimum Gasteiger partial charge on any atom is -0.265 e. The number of fused-ring (bicyclic) bond motifs is 1. The van der Waals surface area contributed by atoms with Crippen molar-refractivity contribution in [1.82, 2.24) is 9.78 Å². The molecule has 6 heteroatoms. The number of aromatic nitrogens is 2. The van der Waals surface area contributed by atoms with Crippen LogP contribution in [-0.4, -0.2) is 9.78 Å². The van der Waals surface area contributed by atoms with E-state index in [9.17, 15) is 13.2 Å². The number of rotatable bonds is 2. The highest BCUT2D eigenvalue weighted by Crippen LogP contribution is 2.36. The molecule has 0 bridgehead atoms. The molecule has 1 aliphatic carbocycles. The number of nitrogens with zero attached hydrogens (tertiary/aromatic N) is 3. The molecule has 0 fully saturated rings. The van der Waals surface area contributed by atoms with Gasteiger partial charge in [-0.2, -0.15) is 23.5 Å². The van der Waals surface area contributed by atoms with E-state index in [0.717, 1.165) is 12.8 Å². The lowest BCUT2D eigenvalue weighted by Gasteiger charge is -2.17. The number of alkyl halides is 3. The van der Waals surface area contributed by atoms with Gasteiger partial charge in [-0.05, 0) is 32.6 Å². The maximum absolute atomic E-state index is 12.9. The van der Waals surface area contributed by atoms with Crippen molar-refractivity contribution < 1.29 is 13.2 Å². The summed E-state index contributed by atoms with van der Waals surface area (Å²) in [4.78, 5) is 0. The van der Waals surface area contributed by atoms with Crippen LogP contribution in [0.25, 0.3) is 0 Å². The van der Waals surface area contributed by atoms with Gasteiger partial charge in [0.2, 0.25) is 0 Å². The van der Waals surface area contributed by atoms with Gasteiger partial charge in [0.05, 0.1) is 18.5 Å². The lowest BCUT2D eigenvalue weighted by molar-refractivity contribution is -0.142. The van der Waals surface area contributed by atoms with Crippen LogP contribution in [0.4, 0.5) is 13.2 Å². The molecule has 0 radical (unpaired) electrons. The van der Waals surface area contributed by atoms with Gasteiger partial charge in [0, 0.05) is 11.3 Å². The third-order valence-corrected chi connectivity index (χ3v) is 3.28. The number of hydrogen-bond donors (Lipinski definition) is 0. The Hall–Kier alpha value is -1.51. The molecular weight excluding hydrogens is 243 g/mol. The van der Waals surface area contributed by atoms with Gasteiger partial charge in [-0.15, -0.1) is 0 Å². The van der Waals surface area contributed by atoms with E-state index in [4.69, 9.17) is 5.26 Å². The molecule has 2 rings (SSSR count). The van der Waals surface area contributed by atoms with Gasteiger partial charge >= 0.3 is 6.18 Å². The van der Waals surface area contributed by atoms with Crippen LogP contribution in [0.2, 0.25) is 0 Å². The van der Waals surface area contributed by atoms with Crippen LogP contribution in [0.3, 0.4) is 0 Å². The predicted octanol–water partition coefficient (Wildman–Crippen LogP) is 3.26. The smallest absolute Gasteiger partial charge is 0.265 e. The van der Waals surface area contributed by atoms with Gasteiger partial charge in [0.1, 0.15) is 0 Å². The zero-order chi connectivity index (χ0) is 13.3. The molecule has 1 heterocycles. The molecule has 1 aromatic rings. The number of nitriles is 1. The van der Waals surface area contributed by atoms with E-state index in [-0.39, 0.29) is 12.5 Å². The maximum Gasteiger partial charge on any atom is 0.435 e. The van der Waals surface area contributed by atoms with Crippen molar-refractivity contribution in [2.24, 2.45) is 0 Å². The highest BCUT2D eigenvalue weighted by molar-refractivity contribution is 5.31. The summed E-state index contributed by atoms with van der Waals surface area (Å²) >= 11 is 0. The van der Waals surface area contributed by atoms with E-state index >= 15 is 0 Å². The average Bonchev–Trinajstić information content (AvgIpc) is 2.68. The molecule has 0 aromatic carbocycles. The molecule has 3 nitrogen and oxygen atoms in total. The van der Waals surface area contributed by atoms with Gasteiger partial charge in [-0.1, -0.05) is 0 Å². The van der Waals surface area contributed by atoms with Crippen LogP contribution in [0.1, 0.15) is 49.2 Å². The molecule has 1 aromatic heterocycles. The molecule has 0 saturated heterocycles. The second kappa shape index (κ2) is 4.63. The molecule has 98 valence electrons. The third kappa shape index (κ3) is 2.22. The van der Waals surface area contributed by atoms with Gasteiger partial charge in [0.15, 0.2) is 5.69 Å². The van der Waals surface area contributed by atoms with Gasteiger partial charge < -0.3 is 0 Å². The molecular formula is C12H14F3N3. The number of hydrogen-bond acceptors (Lipinski definition) is 2. The first-order chi connectivity index (χ1) is 8.45. The molecule has 0 aliphatic heterocycles. The number of halogens is 3. The van der Waals surface area contributed by atoms with Crippen LogP contribution in [0, 0.1) is 11.3 Å². The van der Waals surface area contributed by atoms with Crippen LogP contribution in [0.5, 0.6) is 0 Å². The standard InChI is InChI=1S/C12H14F3N3/c1-8(6-7-16)18-10-5-3-2-4-9(10)11(17-18)12(13,14)15/h8H,2-6H2,1H3/t8-/m1/s1. The normalized spacial score (nSPS) is 17.1. The molecule has 0 amide bonds. The van der Waals surface area contributed by atoms with Crippen molar-refractivity contribution in [2.45, 2.75) is 51.2 Å². The lowest BCUT2D eigenvalue weighted by Crippen LogP contribution is -2.13. The predicted molar refractivity (Wildman–Crippen MR) is 58.8 cm³/mol. The van der Waals surface area contributed by atoms with E-state index in [1.54, 1.807) is 6.92 Å². The minimum atomic E-state index is -4.40. The van der Waals surface area contributed by atoms with Crippen molar-refractivity contribution in [3.63, 3.8) is 0 Å². The van der Waals surface area contributed by atoms with Crippen molar-refractivity contribution in [1.29, 1.82) is 5.26 Å². The summed E-state index contributed by atoms with van der Waals surface area (Å²) < 4.78 is 40.1. The molecule has 1 atom stereocenters. The topological polar surface area (TPSA) is 41.6 Å². The van der Waals surface area contributed by atoms with Crippen molar-refractivity contribution >= 4 is 0 Å². The Morgan fingerprint density at radius 2 is 2.06 bits per heavy atom. The quantitative estimate of drug-likeness (QED) is 0.816. The van der Waals surface area contributed by atoms with E-state index in [2.05, 4.69) is 5.10 Å². The summed E-state index contributed by atoms with van der Waals surface area (Å²) in [5.41, 5.74) is 0.233. The highest BCUT2D eigenvalue weighted by Gasteiger charge is 2.39. The van der Waals surface area contributed by atoms with Crippen molar-refractivity contribution in [3.8, 4) is 6.07 Å². The monoisotopic (exact) mass is 257 g/mol. The summed E-state index contributed by atoms with van der Waals surface area (Å²) in [6.45, 7) is 1.73. The fraction of sp³-hybridized carbons (Fsp3) is 0.667. The molecule has 0 spiro atoms. The van der Waals surface area contributed by atoms with Gasteiger partial charge in [0.25, 0.3) is 0 Å². The first-order valence-corrected chi connectivity index (χ1v) is 5.99. The Kier molecular flexibility index (Phi) is 3.33. The summed E-state index contributed by atoms with van der Waals surface area (Å²) in [7, 11) is 0. The molecule has 0 N–H and O–H groups in total. The van der Waals surface area contributed by atoms with Crippen LogP contribution >= 0.6 is 0 Å². The van der Waals surface area contributed by atoms with Gasteiger partial charge in [-0.25, -0.2) is 0 Å². The summed E-state index contributed by atoms with van der Waals surface area (Å²) in [6.07, 6.45) is -1.52. The Labute approximate surface area is 103 Å². The van der Waals surface area contributed by atoms with Crippen LogP contribution in [0.15, 0.2) is 0 Å². The zero-order valence-corrected chi connectivity index (χ0v) is 10.1. The van der Waals surface area contributed by atoms with E-state index < -0.39 is 11.9 Å². The Bertz CT molecular complexity index is 482. The van der Waals surface area contributed by atoms with E-state index in [1.807, 2.05) is 6.07 Å². The largest absolute Gasteiger partial charge is 0.435 e. The van der Waals surface area contributed by atoms with Crippen LogP contribution < -0.4 is 0 Å². The highest BCUT2D eigenvalue weighted by atomic mass is 19.4. The lowest BCUT2D eigenvalue weighted by atomic mass is 9.95. The maximum atomic E-state index is 12.9. The summed E-state index contributed by atoms with van der Waals surface area (Å²) in [5, 5.41) is 12.4. The SMILES string of the molecule is C[C@H](CC#N)n1nc(C(F)(F)F)c2c1CCCC2. The minimum absolute atomic E-state index is 0.172. The first kappa shape index (κ1) is 12.9. The zero-order valence-electron chi connectivity index (χ0n) is 10.1. The third-order valence-electron chi connectivity index (χ3n) is 3.28. The van der Waals surface area contributed by atoms with Crippen LogP contribution in [-0.2, 0) is 19.0 Å². The Morgan fingerprint density at radius 1 is 1.39 bits per heavy atom. The molecule has 18 heavy (non-hydrogen) atoms. The summed E-state index contributed by atoms with van der Waals surface area (Å²) in [6, 6.07) is 1.67. The van der Waals surface area contributed by atoms with E-state index in [0.29, 0.717) is 24.1 Å². The second-order valence-corrected chi connectivity index (χ2v) is 4.63. The fourth-order valence-corrected chi connectivity index (χ4v) is 2.44. The molecule has 0 unspecified atom stereocenters. The van der Waals surface area contributed by atoms with Crippen molar-refractivity contribution in [2.75, 3.05) is 0 Å². The van der Waals surface area contributed by atoms with E-state index in [1.165, 1.54) is 4.68 Å². The Balaban J connectivity index is 2.49. The summed E-state index contributed by atoms with van der Waals surface area (Å²) in [5.74, 6) is 0. The first-order valence-electron chi connectivity index (χ1n) is 5.99. The van der Waals surface area contributed by atoms with Crippen molar-refractivity contribution in [3.05, 3.63) is 17.0 Å². The molecule has 1 aliphatic rings. The Morgan fingerprint density at radius 3 is 2.67 bits per heavy atom. The van der Waals surface area contributed by atoms with Gasteiger partial charge in [-0.3, -0.25) is 4.68 Å². The molecule has 0 saturated carbocycles. The second-order valence-electron chi connectivity index (χ2n) is 4.63.